The fraction of sp³-hybridized carbons (Fsp3) is 0.500. The smallest absolute Gasteiger partial charge is 0.272 e. The largest absolute Gasteiger partial charge is 0.335 e. The average molecular weight is 338 g/mol. The van der Waals surface area contributed by atoms with Gasteiger partial charge in [0.15, 0.2) is 0 Å². The summed E-state index contributed by atoms with van der Waals surface area (Å²) >= 11 is 0. The highest BCUT2D eigenvalue weighted by Crippen LogP contribution is 2.23. The molecule has 1 amide bonds. The second kappa shape index (κ2) is 7.40. The molecule has 5 nitrogen and oxygen atoms in total. The predicted octanol–water partition coefficient (Wildman–Crippen LogP) is 2.96. The van der Waals surface area contributed by atoms with E-state index in [4.69, 9.17) is 0 Å². The lowest BCUT2D eigenvalue weighted by molar-refractivity contribution is 0.0518. The molecule has 0 atom stereocenters. The molecule has 25 heavy (non-hydrogen) atoms. The molecular weight excluding hydrogens is 312 g/mol. The monoisotopic (exact) mass is 338 g/mol. The fourth-order valence-corrected chi connectivity index (χ4v) is 4.10. The highest BCUT2D eigenvalue weighted by Gasteiger charge is 2.27. The van der Waals surface area contributed by atoms with E-state index in [2.05, 4.69) is 9.88 Å². The van der Waals surface area contributed by atoms with E-state index in [-0.39, 0.29) is 5.91 Å². The Morgan fingerprint density at radius 2 is 1.72 bits per heavy atom. The number of carbonyl (C=O) groups excluding carboxylic acids is 1. The van der Waals surface area contributed by atoms with Crippen LogP contribution >= 0.6 is 0 Å². The molecule has 0 radical (unpaired) electrons. The Hall–Kier alpha value is -2.14. The van der Waals surface area contributed by atoms with Crippen molar-refractivity contribution in [3.63, 3.8) is 0 Å². The van der Waals surface area contributed by atoms with E-state index in [1.807, 2.05) is 46.1 Å². The lowest BCUT2D eigenvalue weighted by atomic mass is 9.94. The van der Waals surface area contributed by atoms with Crippen LogP contribution in [0.2, 0.25) is 0 Å². The summed E-state index contributed by atoms with van der Waals surface area (Å²) in [7, 11) is 0. The number of nitrogens with zero attached hydrogens (tertiary/aromatic N) is 4. The van der Waals surface area contributed by atoms with Crippen molar-refractivity contribution in [1.82, 2.24) is 19.4 Å². The van der Waals surface area contributed by atoms with E-state index in [1.54, 1.807) is 6.20 Å². The highest BCUT2D eigenvalue weighted by atomic mass is 16.2. The zero-order valence-corrected chi connectivity index (χ0v) is 14.7. The number of hydrogen-bond donors (Lipinski definition) is 0. The van der Waals surface area contributed by atoms with E-state index in [0.29, 0.717) is 5.69 Å². The van der Waals surface area contributed by atoms with Crippen LogP contribution in [0.1, 0.15) is 42.6 Å². The lowest BCUT2D eigenvalue weighted by Gasteiger charge is -2.40. The van der Waals surface area contributed by atoms with Gasteiger partial charge < -0.3 is 9.47 Å². The molecule has 1 aliphatic heterocycles. The second-order valence-corrected chi connectivity index (χ2v) is 7.11. The Morgan fingerprint density at radius 1 is 1.00 bits per heavy atom. The van der Waals surface area contributed by atoms with Gasteiger partial charge in [0.25, 0.3) is 5.91 Å². The number of carbonyl (C=O) groups is 1. The summed E-state index contributed by atoms with van der Waals surface area (Å²) in [6.45, 7) is 3.61. The van der Waals surface area contributed by atoms with Crippen LogP contribution in [0.25, 0.3) is 5.69 Å². The molecule has 2 fully saturated rings. The first-order valence-electron chi connectivity index (χ1n) is 9.44. The maximum Gasteiger partial charge on any atom is 0.272 e. The number of amides is 1. The van der Waals surface area contributed by atoms with Gasteiger partial charge in [0.1, 0.15) is 5.69 Å². The molecule has 1 saturated heterocycles. The Morgan fingerprint density at radius 3 is 2.44 bits per heavy atom. The SMILES string of the molecule is O=C(c1cc(-n2cccc2)ccn1)N1CCN(C2CCCCC2)CC1. The summed E-state index contributed by atoms with van der Waals surface area (Å²) in [6.07, 6.45) is 12.4. The van der Waals surface area contributed by atoms with Gasteiger partial charge in [-0.15, -0.1) is 0 Å². The number of hydrogen-bond acceptors (Lipinski definition) is 3. The molecule has 0 aromatic carbocycles. The van der Waals surface area contributed by atoms with Gasteiger partial charge in [-0.3, -0.25) is 14.7 Å². The number of aromatic nitrogens is 2. The molecule has 132 valence electrons. The standard InChI is InChI=1S/C20H26N4O/c25-20(19-16-18(8-9-21-19)22-10-4-5-11-22)24-14-12-23(13-15-24)17-6-2-1-3-7-17/h4-5,8-11,16-17H,1-3,6-7,12-15H2. The molecule has 3 heterocycles. The van der Waals surface area contributed by atoms with Gasteiger partial charge in [0.05, 0.1) is 0 Å². The fourth-order valence-electron chi connectivity index (χ4n) is 4.10. The van der Waals surface area contributed by atoms with Crippen LogP contribution in [0.15, 0.2) is 42.9 Å². The van der Waals surface area contributed by atoms with Crippen LogP contribution in [0.4, 0.5) is 0 Å². The van der Waals surface area contributed by atoms with Crippen LogP contribution in [0.5, 0.6) is 0 Å². The molecular formula is C20H26N4O. The minimum atomic E-state index is 0.0531. The van der Waals surface area contributed by atoms with Crippen LogP contribution in [-0.2, 0) is 0 Å². The number of rotatable bonds is 3. The van der Waals surface area contributed by atoms with Gasteiger partial charge in [-0.2, -0.15) is 0 Å². The predicted molar refractivity (Wildman–Crippen MR) is 97.9 cm³/mol. The van der Waals surface area contributed by atoms with E-state index in [0.717, 1.165) is 37.9 Å². The van der Waals surface area contributed by atoms with Crippen molar-refractivity contribution in [2.24, 2.45) is 0 Å². The van der Waals surface area contributed by atoms with E-state index in [1.165, 1.54) is 32.1 Å². The summed E-state index contributed by atoms with van der Waals surface area (Å²) < 4.78 is 2.00. The number of pyridine rings is 1. The third-order valence-electron chi connectivity index (χ3n) is 5.56. The van der Waals surface area contributed by atoms with Crippen molar-refractivity contribution in [3.05, 3.63) is 48.5 Å². The molecule has 5 heteroatoms. The zero-order chi connectivity index (χ0) is 17.1. The van der Waals surface area contributed by atoms with Gasteiger partial charge >= 0.3 is 0 Å². The van der Waals surface area contributed by atoms with Crippen molar-refractivity contribution < 1.29 is 4.79 Å². The first kappa shape index (κ1) is 16.3. The summed E-state index contributed by atoms with van der Waals surface area (Å²) in [5.41, 5.74) is 1.52. The molecule has 1 aliphatic carbocycles. The first-order chi connectivity index (χ1) is 12.3. The van der Waals surface area contributed by atoms with Gasteiger partial charge in [-0.25, -0.2) is 0 Å². The van der Waals surface area contributed by atoms with Gasteiger partial charge in [0, 0.05) is 56.5 Å². The topological polar surface area (TPSA) is 41.4 Å². The van der Waals surface area contributed by atoms with Crippen LogP contribution in [0, 0.1) is 0 Å². The van der Waals surface area contributed by atoms with Crippen molar-refractivity contribution >= 4 is 5.91 Å². The normalized spacial score (nSPS) is 19.9. The summed E-state index contributed by atoms with van der Waals surface area (Å²) in [5.74, 6) is 0.0531. The third-order valence-corrected chi connectivity index (χ3v) is 5.56. The summed E-state index contributed by atoms with van der Waals surface area (Å²) in [4.78, 5) is 21.7. The Bertz CT molecular complexity index is 698. The van der Waals surface area contributed by atoms with Crippen LogP contribution in [0.3, 0.4) is 0 Å². The Kier molecular flexibility index (Phi) is 4.83. The van der Waals surface area contributed by atoms with E-state index < -0.39 is 0 Å². The minimum absolute atomic E-state index is 0.0531. The van der Waals surface area contributed by atoms with Crippen molar-refractivity contribution in [2.75, 3.05) is 26.2 Å². The molecule has 2 aromatic rings. The quantitative estimate of drug-likeness (QED) is 0.864. The molecule has 0 N–H and O–H groups in total. The Labute approximate surface area is 149 Å². The van der Waals surface area contributed by atoms with E-state index in [9.17, 15) is 4.79 Å². The molecule has 2 aromatic heterocycles. The van der Waals surface area contributed by atoms with E-state index >= 15 is 0 Å². The second-order valence-electron chi connectivity index (χ2n) is 7.11. The van der Waals surface area contributed by atoms with Crippen LogP contribution in [-0.4, -0.2) is 57.5 Å². The molecule has 4 rings (SSSR count). The molecule has 2 aliphatic rings. The first-order valence-corrected chi connectivity index (χ1v) is 9.44. The minimum Gasteiger partial charge on any atom is -0.335 e. The third kappa shape index (κ3) is 3.61. The summed E-state index contributed by atoms with van der Waals surface area (Å²) in [6, 6.07) is 8.51. The highest BCUT2D eigenvalue weighted by molar-refractivity contribution is 5.92. The van der Waals surface area contributed by atoms with Crippen molar-refractivity contribution in [1.29, 1.82) is 0 Å². The zero-order valence-electron chi connectivity index (χ0n) is 14.7. The summed E-state index contributed by atoms with van der Waals surface area (Å²) in [5, 5.41) is 0. The van der Waals surface area contributed by atoms with Crippen molar-refractivity contribution in [2.45, 2.75) is 38.1 Å². The van der Waals surface area contributed by atoms with Crippen LogP contribution < -0.4 is 0 Å². The van der Waals surface area contributed by atoms with Gasteiger partial charge in [0.2, 0.25) is 0 Å². The number of piperazine rings is 1. The van der Waals surface area contributed by atoms with Gasteiger partial charge in [-0.1, -0.05) is 19.3 Å². The van der Waals surface area contributed by atoms with Gasteiger partial charge in [-0.05, 0) is 37.1 Å². The Balaban J connectivity index is 1.40. The molecule has 0 bridgehead atoms. The van der Waals surface area contributed by atoms with Crippen molar-refractivity contribution in [3.8, 4) is 5.69 Å². The lowest BCUT2D eigenvalue weighted by Crippen LogP contribution is -2.52. The molecule has 1 saturated carbocycles. The molecule has 0 spiro atoms. The molecule has 0 unspecified atom stereocenters. The maximum absolute atomic E-state index is 12.8. The maximum atomic E-state index is 12.8. The average Bonchev–Trinajstić information content (AvgIpc) is 3.23.